The molecule has 17 heavy (non-hydrogen) atoms. The summed E-state index contributed by atoms with van der Waals surface area (Å²) >= 11 is 8.59. The van der Waals surface area contributed by atoms with Crippen molar-refractivity contribution in [3.63, 3.8) is 0 Å². The predicted octanol–water partition coefficient (Wildman–Crippen LogP) is 3.58. The van der Waals surface area contributed by atoms with Crippen LogP contribution in [-0.4, -0.2) is 23.9 Å². The van der Waals surface area contributed by atoms with Gasteiger partial charge in [0.1, 0.15) is 5.82 Å². The van der Waals surface area contributed by atoms with Crippen molar-refractivity contribution in [1.82, 2.24) is 0 Å². The Morgan fingerprint density at radius 2 is 2.00 bits per heavy atom. The van der Waals surface area contributed by atoms with E-state index in [2.05, 4.69) is 21.2 Å². The molecule has 1 aromatic rings. The third kappa shape index (κ3) is 4.01. The first kappa shape index (κ1) is 14.5. The fourth-order valence-corrected chi connectivity index (χ4v) is 1.98. The van der Waals surface area contributed by atoms with Crippen LogP contribution in [-0.2, 0) is 0 Å². The summed E-state index contributed by atoms with van der Waals surface area (Å²) in [5.41, 5.74) is 0.0939. The van der Waals surface area contributed by atoms with Gasteiger partial charge in [-0.1, -0.05) is 11.6 Å². The van der Waals surface area contributed by atoms with Crippen molar-refractivity contribution in [2.45, 2.75) is 12.3 Å². The zero-order valence-electron chi connectivity index (χ0n) is 8.15. The Labute approximate surface area is 108 Å². The third-order valence-corrected chi connectivity index (χ3v) is 2.78. The first-order chi connectivity index (χ1) is 7.71. The summed E-state index contributed by atoms with van der Waals surface area (Å²) in [6, 6.07) is 2.00. The second-order valence-corrected chi connectivity index (χ2v) is 4.44. The van der Waals surface area contributed by atoms with Crippen LogP contribution in [0.25, 0.3) is 0 Å². The number of anilines is 1. The smallest absolute Gasteiger partial charge is 0.382 e. The molecule has 0 heterocycles. The number of alkyl halides is 3. The molecule has 2 N–H and O–H groups in total. The molecule has 1 atom stereocenters. The molecule has 0 fully saturated rings. The fraction of sp³-hybridized carbons (Fsp3) is 0.333. The second kappa shape index (κ2) is 5.41. The number of benzene rings is 1. The lowest BCUT2D eigenvalue weighted by atomic mass is 10.3. The summed E-state index contributed by atoms with van der Waals surface area (Å²) in [4.78, 5) is 0. The fourth-order valence-electron chi connectivity index (χ4n) is 1.03. The Balaban J connectivity index is 2.77. The first-order valence-electron chi connectivity index (χ1n) is 4.35. The van der Waals surface area contributed by atoms with Crippen molar-refractivity contribution in [2.75, 3.05) is 11.9 Å². The van der Waals surface area contributed by atoms with E-state index in [0.29, 0.717) is 0 Å². The summed E-state index contributed by atoms with van der Waals surface area (Å²) < 4.78 is 49.1. The Bertz CT molecular complexity index is 389. The SMILES string of the molecule is OC(CNc1c(Cl)cc(F)cc1Br)C(F)(F)F. The molecule has 0 aliphatic rings. The highest BCUT2D eigenvalue weighted by Gasteiger charge is 2.38. The number of aliphatic hydroxyl groups excluding tert-OH is 1. The van der Waals surface area contributed by atoms with Gasteiger partial charge in [-0.05, 0) is 28.1 Å². The Morgan fingerprint density at radius 3 is 2.47 bits per heavy atom. The quantitative estimate of drug-likeness (QED) is 0.827. The second-order valence-electron chi connectivity index (χ2n) is 3.18. The number of aliphatic hydroxyl groups is 1. The summed E-state index contributed by atoms with van der Waals surface area (Å²) in [7, 11) is 0. The maximum atomic E-state index is 12.8. The molecule has 0 aromatic heterocycles. The lowest BCUT2D eigenvalue weighted by molar-refractivity contribution is -0.198. The molecule has 2 nitrogen and oxygen atoms in total. The van der Waals surface area contributed by atoms with Crippen LogP contribution in [0.1, 0.15) is 0 Å². The van der Waals surface area contributed by atoms with Crippen LogP contribution in [0.3, 0.4) is 0 Å². The lowest BCUT2D eigenvalue weighted by Crippen LogP contribution is -2.35. The molecule has 1 rings (SSSR count). The van der Waals surface area contributed by atoms with Crippen LogP contribution in [0.2, 0.25) is 5.02 Å². The number of nitrogens with one attached hydrogen (secondary N) is 1. The van der Waals surface area contributed by atoms with Crippen LogP contribution in [0, 0.1) is 5.82 Å². The van der Waals surface area contributed by atoms with Gasteiger partial charge in [-0.25, -0.2) is 4.39 Å². The molecule has 8 heteroatoms. The first-order valence-corrected chi connectivity index (χ1v) is 5.52. The average Bonchev–Trinajstić information content (AvgIpc) is 2.13. The normalized spacial score (nSPS) is 13.6. The molecule has 0 saturated heterocycles. The van der Waals surface area contributed by atoms with Crippen LogP contribution < -0.4 is 5.32 Å². The van der Waals surface area contributed by atoms with Gasteiger partial charge in [0.05, 0.1) is 10.7 Å². The molecule has 1 unspecified atom stereocenters. The minimum absolute atomic E-state index is 0.0775. The zero-order chi connectivity index (χ0) is 13.2. The topological polar surface area (TPSA) is 32.3 Å². The molecule has 0 amide bonds. The van der Waals surface area contributed by atoms with Gasteiger partial charge in [0.15, 0.2) is 6.10 Å². The average molecular weight is 337 g/mol. The zero-order valence-corrected chi connectivity index (χ0v) is 10.5. The molecular formula is C9H7BrClF4NO. The molecule has 0 saturated carbocycles. The predicted molar refractivity (Wildman–Crippen MR) is 59.7 cm³/mol. The maximum absolute atomic E-state index is 12.8. The van der Waals surface area contributed by atoms with E-state index in [-0.39, 0.29) is 15.2 Å². The Hall–Kier alpha value is -0.530. The van der Waals surface area contributed by atoms with E-state index >= 15 is 0 Å². The monoisotopic (exact) mass is 335 g/mol. The van der Waals surface area contributed by atoms with Crippen LogP contribution in [0.5, 0.6) is 0 Å². The maximum Gasteiger partial charge on any atom is 0.416 e. The van der Waals surface area contributed by atoms with Gasteiger partial charge in [-0.15, -0.1) is 0 Å². The number of hydrogen-bond acceptors (Lipinski definition) is 2. The van der Waals surface area contributed by atoms with Crippen molar-refractivity contribution in [1.29, 1.82) is 0 Å². The van der Waals surface area contributed by atoms with Gasteiger partial charge in [0.25, 0.3) is 0 Å². The van der Waals surface area contributed by atoms with Crippen LogP contribution in [0.4, 0.5) is 23.2 Å². The van der Waals surface area contributed by atoms with Gasteiger partial charge in [-0.3, -0.25) is 0 Å². The summed E-state index contributed by atoms with van der Waals surface area (Å²) in [5.74, 6) is -0.621. The molecule has 1 aromatic carbocycles. The van der Waals surface area contributed by atoms with E-state index in [1.807, 2.05) is 0 Å². The van der Waals surface area contributed by atoms with Gasteiger partial charge in [0, 0.05) is 11.0 Å². The number of rotatable bonds is 3. The van der Waals surface area contributed by atoms with Crippen LogP contribution >= 0.6 is 27.5 Å². The third-order valence-electron chi connectivity index (χ3n) is 1.86. The van der Waals surface area contributed by atoms with Gasteiger partial charge in [-0.2, -0.15) is 13.2 Å². The molecule has 0 spiro atoms. The van der Waals surface area contributed by atoms with Gasteiger partial charge >= 0.3 is 6.18 Å². The van der Waals surface area contributed by atoms with E-state index < -0.39 is 24.6 Å². The van der Waals surface area contributed by atoms with Crippen molar-refractivity contribution in [3.8, 4) is 0 Å². The van der Waals surface area contributed by atoms with Crippen molar-refractivity contribution in [3.05, 3.63) is 27.4 Å². The molecule has 96 valence electrons. The largest absolute Gasteiger partial charge is 0.416 e. The van der Waals surface area contributed by atoms with Crippen molar-refractivity contribution >= 4 is 33.2 Å². The molecule has 0 aliphatic heterocycles. The Morgan fingerprint density at radius 1 is 1.41 bits per heavy atom. The minimum Gasteiger partial charge on any atom is -0.382 e. The molecule has 0 radical (unpaired) electrons. The van der Waals surface area contributed by atoms with Crippen LogP contribution in [0.15, 0.2) is 16.6 Å². The standard InChI is InChI=1S/C9H7BrClF4NO/c10-5-1-4(12)2-6(11)8(5)16-3-7(17)9(13,14)15/h1-2,7,16-17H,3H2. The van der Waals surface area contributed by atoms with Crippen molar-refractivity contribution in [2.24, 2.45) is 0 Å². The summed E-state index contributed by atoms with van der Waals surface area (Å²) in [5, 5.41) is 11.0. The number of halogens is 6. The van der Waals surface area contributed by atoms with E-state index in [1.165, 1.54) is 0 Å². The van der Waals surface area contributed by atoms with E-state index in [0.717, 1.165) is 12.1 Å². The highest BCUT2D eigenvalue weighted by atomic mass is 79.9. The van der Waals surface area contributed by atoms with E-state index in [9.17, 15) is 17.6 Å². The summed E-state index contributed by atoms with van der Waals surface area (Å²) in [6.45, 7) is -0.770. The highest BCUT2D eigenvalue weighted by Crippen LogP contribution is 2.32. The summed E-state index contributed by atoms with van der Waals surface area (Å²) in [6.07, 6.45) is -7.23. The van der Waals surface area contributed by atoms with Gasteiger partial charge in [0.2, 0.25) is 0 Å². The molecule has 0 aliphatic carbocycles. The van der Waals surface area contributed by atoms with E-state index in [1.54, 1.807) is 0 Å². The minimum atomic E-state index is -4.72. The molecular weight excluding hydrogens is 329 g/mol. The molecule has 0 bridgehead atoms. The lowest BCUT2D eigenvalue weighted by Gasteiger charge is -2.17. The van der Waals surface area contributed by atoms with E-state index in [4.69, 9.17) is 16.7 Å². The van der Waals surface area contributed by atoms with Gasteiger partial charge < -0.3 is 10.4 Å². The Kier molecular flexibility index (Phi) is 4.62. The van der Waals surface area contributed by atoms with Crippen molar-refractivity contribution < 1.29 is 22.7 Å². The highest BCUT2D eigenvalue weighted by molar-refractivity contribution is 9.10. The number of hydrogen-bond donors (Lipinski definition) is 2.